The maximum atomic E-state index is 12.2. The van der Waals surface area contributed by atoms with Crippen LogP contribution in [0.25, 0.3) is 0 Å². The molecule has 0 atom stereocenters. The lowest BCUT2D eigenvalue weighted by Gasteiger charge is -2.35. The number of nitrogens with one attached hydrogen (secondary N) is 1. The molecule has 0 unspecified atom stereocenters. The van der Waals surface area contributed by atoms with Crippen molar-refractivity contribution in [2.75, 3.05) is 13.2 Å². The summed E-state index contributed by atoms with van der Waals surface area (Å²) in [6, 6.07) is 0.180. The Morgan fingerprint density at radius 1 is 1.40 bits per heavy atom. The average Bonchev–Trinajstić information content (AvgIpc) is 3.02. The molecule has 0 aromatic carbocycles. The van der Waals surface area contributed by atoms with Crippen molar-refractivity contribution in [2.24, 2.45) is 0 Å². The number of rotatable bonds is 2. The third-order valence-corrected chi connectivity index (χ3v) is 5.70. The number of aryl methyl sites for hydroxylation is 1. The fourth-order valence-electron chi connectivity index (χ4n) is 2.82. The minimum absolute atomic E-state index is 0.0673. The summed E-state index contributed by atoms with van der Waals surface area (Å²) in [5.74, 6) is -0.444. The SMILES string of the molecule is Cc1csc(C(=O)NC2CCC3(CC2)OCCO3)c1Cl. The number of thiophene rings is 1. The number of ether oxygens (including phenoxy) is 2. The van der Waals surface area contributed by atoms with Gasteiger partial charge in [0.2, 0.25) is 0 Å². The summed E-state index contributed by atoms with van der Waals surface area (Å²) in [7, 11) is 0. The van der Waals surface area contributed by atoms with Crippen molar-refractivity contribution < 1.29 is 14.3 Å². The summed E-state index contributed by atoms with van der Waals surface area (Å²) < 4.78 is 11.4. The standard InChI is InChI=1S/C14H18ClNO3S/c1-9-8-20-12(11(9)15)13(17)16-10-2-4-14(5-3-10)18-6-7-19-14/h8,10H,2-7H2,1H3,(H,16,17). The van der Waals surface area contributed by atoms with Crippen LogP contribution in [-0.4, -0.2) is 30.9 Å². The molecule has 4 nitrogen and oxygen atoms in total. The molecule has 2 aliphatic rings. The van der Waals surface area contributed by atoms with Crippen LogP contribution < -0.4 is 5.32 Å². The van der Waals surface area contributed by atoms with Gasteiger partial charge in [-0.15, -0.1) is 11.3 Å². The van der Waals surface area contributed by atoms with Crippen molar-refractivity contribution in [1.29, 1.82) is 0 Å². The van der Waals surface area contributed by atoms with Gasteiger partial charge in [-0.3, -0.25) is 4.79 Å². The second kappa shape index (κ2) is 5.64. The monoisotopic (exact) mass is 315 g/mol. The minimum Gasteiger partial charge on any atom is -0.349 e. The van der Waals surface area contributed by atoms with Crippen molar-refractivity contribution in [3.8, 4) is 0 Å². The Balaban J connectivity index is 1.57. The summed E-state index contributed by atoms with van der Waals surface area (Å²) in [6.07, 6.45) is 3.45. The zero-order valence-electron chi connectivity index (χ0n) is 11.4. The lowest BCUT2D eigenvalue weighted by Crippen LogP contribution is -2.43. The second-order valence-electron chi connectivity index (χ2n) is 5.42. The van der Waals surface area contributed by atoms with Crippen LogP contribution in [0, 0.1) is 6.92 Å². The maximum Gasteiger partial charge on any atom is 0.263 e. The summed E-state index contributed by atoms with van der Waals surface area (Å²) in [4.78, 5) is 12.8. The molecule has 20 heavy (non-hydrogen) atoms. The van der Waals surface area contributed by atoms with Crippen molar-refractivity contribution in [2.45, 2.75) is 44.4 Å². The first-order chi connectivity index (χ1) is 9.60. The van der Waals surface area contributed by atoms with E-state index in [9.17, 15) is 4.79 Å². The molecule has 0 bridgehead atoms. The quantitative estimate of drug-likeness (QED) is 0.912. The summed E-state index contributed by atoms with van der Waals surface area (Å²) in [5, 5.41) is 5.55. The summed E-state index contributed by atoms with van der Waals surface area (Å²) in [5.41, 5.74) is 0.956. The molecule has 1 aromatic rings. The molecule has 1 aromatic heterocycles. The van der Waals surface area contributed by atoms with Gasteiger partial charge in [0, 0.05) is 18.9 Å². The van der Waals surface area contributed by atoms with Gasteiger partial charge in [-0.05, 0) is 30.7 Å². The molecule has 1 saturated heterocycles. The van der Waals surface area contributed by atoms with E-state index in [-0.39, 0.29) is 17.7 Å². The predicted molar refractivity (Wildman–Crippen MR) is 78.4 cm³/mol. The molecule has 2 fully saturated rings. The van der Waals surface area contributed by atoms with Crippen molar-refractivity contribution in [1.82, 2.24) is 5.32 Å². The molecule has 110 valence electrons. The van der Waals surface area contributed by atoms with Crippen molar-refractivity contribution in [3.05, 3.63) is 20.8 Å². The largest absolute Gasteiger partial charge is 0.349 e. The Hall–Kier alpha value is -0.620. The van der Waals surface area contributed by atoms with Crippen LogP contribution in [0.4, 0.5) is 0 Å². The van der Waals surface area contributed by atoms with Crippen molar-refractivity contribution >= 4 is 28.8 Å². The molecular formula is C14H18ClNO3S. The van der Waals surface area contributed by atoms with E-state index >= 15 is 0 Å². The highest BCUT2D eigenvalue weighted by molar-refractivity contribution is 7.13. The van der Waals surface area contributed by atoms with Gasteiger partial charge in [0.15, 0.2) is 5.79 Å². The third-order valence-electron chi connectivity index (χ3n) is 4.00. The third kappa shape index (κ3) is 2.72. The molecule has 1 N–H and O–H groups in total. The molecule has 1 aliphatic heterocycles. The first-order valence-electron chi connectivity index (χ1n) is 6.92. The Bertz CT molecular complexity index is 501. The van der Waals surface area contributed by atoms with Gasteiger partial charge in [-0.25, -0.2) is 0 Å². The zero-order valence-corrected chi connectivity index (χ0v) is 13.0. The molecule has 1 aliphatic carbocycles. The Labute approximate surface area is 127 Å². The van der Waals surface area contributed by atoms with Crippen LogP contribution in [0.5, 0.6) is 0 Å². The Morgan fingerprint density at radius 2 is 2.05 bits per heavy atom. The van der Waals surface area contributed by atoms with E-state index in [0.29, 0.717) is 23.1 Å². The molecule has 3 rings (SSSR count). The van der Waals surface area contributed by atoms with Gasteiger partial charge < -0.3 is 14.8 Å². The maximum absolute atomic E-state index is 12.2. The van der Waals surface area contributed by atoms with Crippen LogP contribution in [0.3, 0.4) is 0 Å². The van der Waals surface area contributed by atoms with E-state index in [1.165, 1.54) is 11.3 Å². The van der Waals surface area contributed by atoms with E-state index in [0.717, 1.165) is 31.2 Å². The van der Waals surface area contributed by atoms with E-state index in [1.807, 2.05) is 12.3 Å². The van der Waals surface area contributed by atoms with Crippen LogP contribution in [0.1, 0.15) is 40.9 Å². The van der Waals surface area contributed by atoms with Crippen LogP contribution in [0.15, 0.2) is 5.38 Å². The van der Waals surface area contributed by atoms with E-state index in [2.05, 4.69) is 5.32 Å². The van der Waals surface area contributed by atoms with Gasteiger partial charge in [0.1, 0.15) is 4.88 Å². The molecular weight excluding hydrogens is 298 g/mol. The number of amides is 1. The van der Waals surface area contributed by atoms with E-state index < -0.39 is 0 Å². The predicted octanol–water partition coefficient (Wildman–Crippen LogP) is 3.13. The highest BCUT2D eigenvalue weighted by Gasteiger charge is 2.40. The number of carbonyl (C=O) groups is 1. The van der Waals surface area contributed by atoms with Crippen molar-refractivity contribution in [3.63, 3.8) is 0 Å². The smallest absolute Gasteiger partial charge is 0.263 e. The van der Waals surface area contributed by atoms with Crippen LogP contribution >= 0.6 is 22.9 Å². The van der Waals surface area contributed by atoms with Crippen LogP contribution in [-0.2, 0) is 9.47 Å². The fourth-order valence-corrected chi connectivity index (χ4v) is 4.00. The minimum atomic E-state index is -0.377. The normalized spacial score (nSPS) is 22.3. The molecule has 1 spiro atoms. The van der Waals surface area contributed by atoms with Gasteiger partial charge in [0.25, 0.3) is 5.91 Å². The molecule has 2 heterocycles. The molecule has 1 amide bonds. The Kier molecular flexibility index (Phi) is 4.04. The zero-order chi connectivity index (χ0) is 14.2. The first-order valence-corrected chi connectivity index (χ1v) is 8.18. The van der Waals surface area contributed by atoms with Crippen LogP contribution in [0.2, 0.25) is 5.02 Å². The molecule has 6 heteroatoms. The highest BCUT2D eigenvalue weighted by Crippen LogP contribution is 2.36. The number of hydrogen-bond acceptors (Lipinski definition) is 4. The van der Waals surface area contributed by atoms with Gasteiger partial charge in [-0.1, -0.05) is 11.6 Å². The lowest BCUT2D eigenvalue weighted by atomic mass is 9.90. The lowest BCUT2D eigenvalue weighted by molar-refractivity contribution is -0.179. The average molecular weight is 316 g/mol. The van der Waals surface area contributed by atoms with Gasteiger partial charge in [-0.2, -0.15) is 0 Å². The topological polar surface area (TPSA) is 47.6 Å². The molecule has 0 radical (unpaired) electrons. The number of hydrogen-bond donors (Lipinski definition) is 1. The number of carbonyl (C=O) groups excluding carboxylic acids is 1. The second-order valence-corrected chi connectivity index (χ2v) is 6.67. The number of halogens is 1. The van der Waals surface area contributed by atoms with Gasteiger partial charge >= 0.3 is 0 Å². The first kappa shape index (κ1) is 14.3. The highest BCUT2D eigenvalue weighted by atomic mass is 35.5. The Morgan fingerprint density at radius 3 is 2.60 bits per heavy atom. The summed E-state index contributed by atoms with van der Waals surface area (Å²) >= 11 is 7.53. The van der Waals surface area contributed by atoms with E-state index in [4.69, 9.17) is 21.1 Å². The summed E-state index contributed by atoms with van der Waals surface area (Å²) in [6.45, 7) is 3.27. The fraction of sp³-hybridized carbons (Fsp3) is 0.643. The molecule has 1 saturated carbocycles. The van der Waals surface area contributed by atoms with Gasteiger partial charge in [0.05, 0.1) is 18.2 Å². The van der Waals surface area contributed by atoms with E-state index in [1.54, 1.807) is 0 Å².